The Morgan fingerprint density at radius 1 is 1.29 bits per heavy atom. The van der Waals surface area contributed by atoms with Crippen molar-refractivity contribution in [3.05, 3.63) is 56.4 Å². The molecule has 0 saturated carbocycles. The average Bonchev–Trinajstić information content (AvgIpc) is 2.54. The molecule has 9 nitrogen and oxygen atoms in total. The molecule has 0 aliphatic rings. The van der Waals surface area contributed by atoms with Gasteiger partial charge in [-0.15, -0.1) is 0 Å². The summed E-state index contributed by atoms with van der Waals surface area (Å²) in [6.45, 7) is 0. The van der Waals surface area contributed by atoms with E-state index in [4.69, 9.17) is 0 Å². The molecule has 126 valence electrons. The SMILES string of the molecule is CN(C)c1ccc(/C=N\NC(=O)CCc2n[nH]c(=O)[nH]c2=O)cc1. The predicted molar refractivity (Wildman–Crippen MR) is 90.3 cm³/mol. The zero-order valence-electron chi connectivity index (χ0n) is 13.4. The average molecular weight is 330 g/mol. The fourth-order valence-corrected chi connectivity index (χ4v) is 1.87. The van der Waals surface area contributed by atoms with E-state index in [1.165, 1.54) is 6.21 Å². The smallest absolute Gasteiger partial charge is 0.342 e. The van der Waals surface area contributed by atoms with Crippen LogP contribution in [-0.2, 0) is 11.2 Å². The van der Waals surface area contributed by atoms with E-state index in [0.29, 0.717) is 0 Å². The van der Waals surface area contributed by atoms with Gasteiger partial charge in [0.15, 0.2) is 0 Å². The van der Waals surface area contributed by atoms with Gasteiger partial charge >= 0.3 is 5.69 Å². The molecule has 1 heterocycles. The number of amides is 1. The molecule has 0 spiro atoms. The Morgan fingerprint density at radius 3 is 2.62 bits per heavy atom. The van der Waals surface area contributed by atoms with Gasteiger partial charge in [0.05, 0.1) is 6.21 Å². The minimum atomic E-state index is -0.682. The monoisotopic (exact) mass is 330 g/mol. The van der Waals surface area contributed by atoms with Gasteiger partial charge in [-0.2, -0.15) is 10.2 Å². The maximum absolute atomic E-state index is 11.7. The minimum Gasteiger partial charge on any atom is -0.378 e. The first-order chi connectivity index (χ1) is 11.5. The van der Waals surface area contributed by atoms with Gasteiger partial charge in [-0.25, -0.2) is 15.3 Å². The van der Waals surface area contributed by atoms with Gasteiger partial charge in [0, 0.05) is 32.6 Å². The highest BCUT2D eigenvalue weighted by Gasteiger charge is 2.06. The summed E-state index contributed by atoms with van der Waals surface area (Å²) >= 11 is 0. The fraction of sp³-hybridized carbons (Fsp3) is 0.267. The summed E-state index contributed by atoms with van der Waals surface area (Å²) in [6.07, 6.45) is 1.66. The number of aromatic nitrogens is 3. The van der Waals surface area contributed by atoms with E-state index < -0.39 is 11.2 Å². The van der Waals surface area contributed by atoms with Gasteiger partial charge in [0.2, 0.25) is 5.91 Å². The summed E-state index contributed by atoms with van der Waals surface area (Å²) in [7, 11) is 3.90. The third kappa shape index (κ3) is 4.90. The number of hydrazone groups is 1. The molecule has 0 bridgehead atoms. The molecule has 0 fully saturated rings. The standard InChI is InChI=1S/C15H18N6O3/c1-21(2)11-5-3-10(4-6-11)9-16-19-13(22)8-7-12-14(23)17-15(24)20-18-12/h3-6,9H,7-8H2,1-2H3,(H,19,22)(H2,17,20,23,24)/b16-9-. The number of aromatic amines is 2. The van der Waals surface area contributed by atoms with Crippen LogP contribution in [0.5, 0.6) is 0 Å². The second-order valence-corrected chi connectivity index (χ2v) is 5.23. The van der Waals surface area contributed by atoms with Gasteiger partial charge in [-0.05, 0) is 17.7 Å². The number of anilines is 1. The zero-order chi connectivity index (χ0) is 17.5. The van der Waals surface area contributed by atoms with Gasteiger partial charge in [-0.3, -0.25) is 14.6 Å². The Labute approximate surface area is 137 Å². The highest BCUT2D eigenvalue weighted by atomic mass is 16.2. The van der Waals surface area contributed by atoms with Crippen LogP contribution < -0.4 is 21.6 Å². The van der Waals surface area contributed by atoms with Crippen LogP contribution in [-0.4, -0.2) is 41.4 Å². The lowest BCUT2D eigenvalue weighted by Crippen LogP contribution is -2.28. The lowest BCUT2D eigenvalue weighted by atomic mass is 10.2. The molecule has 2 aromatic rings. The molecule has 1 aromatic heterocycles. The summed E-state index contributed by atoms with van der Waals surface area (Å²) in [5, 5.41) is 9.57. The van der Waals surface area contributed by atoms with Crippen molar-refractivity contribution in [3.8, 4) is 0 Å². The molecule has 24 heavy (non-hydrogen) atoms. The summed E-state index contributed by atoms with van der Waals surface area (Å²) in [6, 6.07) is 7.65. The molecule has 0 aliphatic carbocycles. The number of nitrogens with zero attached hydrogens (tertiary/aromatic N) is 3. The second-order valence-electron chi connectivity index (χ2n) is 5.23. The number of aryl methyl sites for hydroxylation is 1. The normalized spacial score (nSPS) is 10.8. The van der Waals surface area contributed by atoms with E-state index in [2.05, 4.69) is 20.7 Å². The first kappa shape index (κ1) is 17.1. The van der Waals surface area contributed by atoms with Gasteiger partial charge in [0.25, 0.3) is 5.56 Å². The Balaban J connectivity index is 1.84. The zero-order valence-corrected chi connectivity index (χ0v) is 13.4. The van der Waals surface area contributed by atoms with Crippen LogP contribution in [0.15, 0.2) is 39.0 Å². The lowest BCUT2D eigenvalue weighted by Gasteiger charge is -2.11. The molecule has 0 aliphatic heterocycles. The molecule has 9 heteroatoms. The first-order valence-electron chi connectivity index (χ1n) is 7.23. The first-order valence-corrected chi connectivity index (χ1v) is 7.23. The highest BCUT2D eigenvalue weighted by Crippen LogP contribution is 2.10. The van der Waals surface area contributed by atoms with Crippen molar-refractivity contribution in [1.29, 1.82) is 0 Å². The molecule has 0 saturated heterocycles. The van der Waals surface area contributed by atoms with Gasteiger partial charge < -0.3 is 4.90 Å². The van der Waals surface area contributed by atoms with Crippen LogP contribution >= 0.6 is 0 Å². The number of benzene rings is 1. The van der Waals surface area contributed by atoms with Crippen molar-refractivity contribution >= 4 is 17.8 Å². The number of hydrogen-bond acceptors (Lipinski definition) is 6. The maximum Gasteiger partial charge on any atom is 0.342 e. The number of H-pyrrole nitrogens is 2. The van der Waals surface area contributed by atoms with Crippen LogP contribution in [0.3, 0.4) is 0 Å². The van der Waals surface area contributed by atoms with E-state index in [0.717, 1.165) is 11.3 Å². The molecular formula is C15H18N6O3. The molecule has 0 atom stereocenters. The number of rotatable bonds is 6. The Hall–Kier alpha value is -3.23. The van der Waals surface area contributed by atoms with E-state index >= 15 is 0 Å². The predicted octanol–water partition coefficient (Wildman–Crippen LogP) is -0.393. The third-order valence-electron chi connectivity index (χ3n) is 3.18. The van der Waals surface area contributed by atoms with Crippen molar-refractivity contribution in [2.75, 3.05) is 19.0 Å². The Morgan fingerprint density at radius 2 is 2.00 bits per heavy atom. The van der Waals surface area contributed by atoms with Crippen molar-refractivity contribution in [1.82, 2.24) is 20.6 Å². The van der Waals surface area contributed by atoms with Crippen LogP contribution in [0.1, 0.15) is 17.7 Å². The molecule has 3 N–H and O–H groups in total. The maximum atomic E-state index is 11.7. The lowest BCUT2D eigenvalue weighted by molar-refractivity contribution is -0.121. The van der Waals surface area contributed by atoms with Gasteiger partial charge in [0.1, 0.15) is 5.69 Å². The second kappa shape index (κ2) is 7.86. The summed E-state index contributed by atoms with van der Waals surface area (Å²) in [4.78, 5) is 38.0. The van der Waals surface area contributed by atoms with Crippen molar-refractivity contribution in [2.24, 2.45) is 5.10 Å². The van der Waals surface area contributed by atoms with Crippen LogP contribution in [0, 0.1) is 0 Å². The van der Waals surface area contributed by atoms with Crippen LogP contribution in [0.25, 0.3) is 0 Å². The summed E-state index contributed by atoms with van der Waals surface area (Å²) in [5.74, 6) is -0.358. The van der Waals surface area contributed by atoms with Crippen molar-refractivity contribution < 1.29 is 4.79 Å². The van der Waals surface area contributed by atoms with Crippen molar-refractivity contribution in [2.45, 2.75) is 12.8 Å². The Kier molecular flexibility index (Phi) is 5.61. The summed E-state index contributed by atoms with van der Waals surface area (Å²) in [5.41, 5.74) is 3.10. The molecule has 0 unspecified atom stereocenters. The van der Waals surface area contributed by atoms with Crippen LogP contribution in [0.4, 0.5) is 5.69 Å². The number of hydrogen-bond donors (Lipinski definition) is 3. The number of carbonyl (C=O) groups excluding carboxylic acids is 1. The largest absolute Gasteiger partial charge is 0.378 e. The highest BCUT2D eigenvalue weighted by molar-refractivity contribution is 5.82. The summed E-state index contributed by atoms with van der Waals surface area (Å²) < 4.78 is 0. The molecular weight excluding hydrogens is 312 g/mol. The Bertz CT molecular complexity index is 835. The molecule has 0 radical (unpaired) electrons. The third-order valence-corrected chi connectivity index (χ3v) is 3.18. The van der Waals surface area contributed by atoms with Crippen molar-refractivity contribution in [3.63, 3.8) is 0 Å². The number of carbonyl (C=O) groups is 1. The van der Waals surface area contributed by atoms with E-state index in [-0.39, 0.29) is 24.4 Å². The van der Waals surface area contributed by atoms with Gasteiger partial charge in [-0.1, -0.05) is 12.1 Å². The van der Waals surface area contributed by atoms with Crippen LogP contribution in [0.2, 0.25) is 0 Å². The molecule has 2 rings (SSSR count). The minimum absolute atomic E-state index is 0.0268. The molecule has 1 amide bonds. The quantitative estimate of drug-likeness (QED) is 0.491. The topological polar surface area (TPSA) is 123 Å². The van der Waals surface area contributed by atoms with E-state index in [9.17, 15) is 14.4 Å². The van der Waals surface area contributed by atoms with E-state index in [1.807, 2.05) is 48.2 Å². The fourth-order valence-electron chi connectivity index (χ4n) is 1.87. The molecule has 1 aromatic carbocycles. The number of nitrogens with one attached hydrogen (secondary N) is 3. The van der Waals surface area contributed by atoms with E-state index in [1.54, 1.807) is 0 Å².